The van der Waals surface area contributed by atoms with Gasteiger partial charge < -0.3 is 42.1 Å². The summed E-state index contributed by atoms with van der Waals surface area (Å²) in [5.41, 5.74) is 5.57. The number of carbonyl (C=O) groups is 5. The molecule has 3 amide bonds. The second kappa shape index (κ2) is 12.8. The van der Waals surface area contributed by atoms with E-state index >= 15 is 0 Å². The molecule has 0 saturated heterocycles. The number of nitrogens with two attached hydrogens (primary N) is 1. The lowest BCUT2D eigenvalue weighted by molar-refractivity contribution is -0.144. The van der Waals surface area contributed by atoms with Crippen LogP contribution in [0.4, 0.5) is 0 Å². The van der Waals surface area contributed by atoms with E-state index in [1.807, 2.05) is 0 Å². The lowest BCUT2D eigenvalue weighted by Gasteiger charge is -2.28. The molecule has 0 spiro atoms. The van der Waals surface area contributed by atoms with E-state index in [2.05, 4.69) is 16.0 Å². The van der Waals surface area contributed by atoms with Gasteiger partial charge in [-0.2, -0.15) is 0 Å². The van der Waals surface area contributed by atoms with Crippen molar-refractivity contribution < 1.29 is 44.4 Å². The third kappa shape index (κ3) is 9.72. The smallest absolute Gasteiger partial charge is 0.326 e. The van der Waals surface area contributed by atoms with E-state index in [1.54, 1.807) is 13.8 Å². The van der Waals surface area contributed by atoms with Gasteiger partial charge in [-0.3, -0.25) is 19.2 Å². The van der Waals surface area contributed by atoms with Crippen molar-refractivity contribution in [3.05, 3.63) is 0 Å². The molecule has 31 heavy (non-hydrogen) atoms. The van der Waals surface area contributed by atoms with E-state index in [1.165, 1.54) is 13.8 Å². The van der Waals surface area contributed by atoms with Crippen LogP contribution in [0.3, 0.4) is 0 Å². The Morgan fingerprint density at radius 3 is 1.45 bits per heavy atom. The SMILES string of the molecule is CC(C)C(NC(=O)C(NC(=O)C(NC(=O)C(N)CCC(=O)O)C(C)O)C(C)O)C(=O)O. The number of hydrogen-bond acceptors (Lipinski definition) is 8. The van der Waals surface area contributed by atoms with Crippen molar-refractivity contribution in [1.82, 2.24) is 16.0 Å². The third-order valence-corrected chi connectivity index (χ3v) is 4.36. The summed E-state index contributed by atoms with van der Waals surface area (Å²) in [5.74, 6) is -5.86. The molecule has 0 aromatic carbocycles. The zero-order valence-electron chi connectivity index (χ0n) is 17.9. The van der Waals surface area contributed by atoms with Crippen molar-refractivity contribution in [3.63, 3.8) is 0 Å². The van der Waals surface area contributed by atoms with Gasteiger partial charge in [-0.05, 0) is 26.2 Å². The molecule has 6 atom stereocenters. The molecule has 0 radical (unpaired) electrons. The van der Waals surface area contributed by atoms with Gasteiger partial charge in [0.05, 0.1) is 18.2 Å². The highest BCUT2D eigenvalue weighted by Gasteiger charge is 2.34. The second-order valence-corrected chi connectivity index (χ2v) is 7.56. The van der Waals surface area contributed by atoms with Crippen LogP contribution in [0.1, 0.15) is 40.5 Å². The first-order valence-corrected chi connectivity index (χ1v) is 9.66. The van der Waals surface area contributed by atoms with Crippen molar-refractivity contribution >= 4 is 29.7 Å². The van der Waals surface area contributed by atoms with Crippen molar-refractivity contribution in [1.29, 1.82) is 0 Å². The van der Waals surface area contributed by atoms with Crippen LogP contribution in [0.2, 0.25) is 0 Å². The molecule has 0 aliphatic carbocycles. The predicted octanol–water partition coefficient (Wildman–Crippen LogP) is -2.86. The molecule has 9 N–H and O–H groups in total. The van der Waals surface area contributed by atoms with Gasteiger partial charge >= 0.3 is 11.9 Å². The Balaban J connectivity index is 5.31. The van der Waals surface area contributed by atoms with Gasteiger partial charge in [0.25, 0.3) is 0 Å². The standard InChI is InChI=1S/C18H32N4O9/c1-7(2)12(18(30)31)20-16(28)14(9(4)24)22-17(29)13(8(3)23)21-15(27)10(19)5-6-11(25)26/h7-10,12-14,23-24H,5-6,19H2,1-4H3,(H,20,28)(H,21,27)(H,22,29)(H,25,26)(H,30,31). The number of carboxylic acid groups (broad SMARTS) is 2. The van der Waals surface area contributed by atoms with E-state index in [0.29, 0.717) is 0 Å². The van der Waals surface area contributed by atoms with Gasteiger partial charge in [-0.25, -0.2) is 4.79 Å². The lowest BCUT2D eigenvalue weighted by atomic mass is 10.0. The van der Waals surface area contributed by atoms with Gasteiger partial charge in [0.2, 0.25) is 17.7 Å². The Kier molecular flexibility index (Phi) is 11.7. The topological polar surface area (TPSA) is 228 Å². The van der Waals surface area contributed by atoms with Crippen molar-refractivity contribution in [2.24, 2.45) is 11.7 Å². The van der Waals surface area contributed by atoms with Gasteiger partial charge in [0.1, 0.15) is 18.1 Å². The maximum Gasteiger partial charge on any atom is 0.326 e. The minimum absolute atomic E-state index is 0.209. The number of carbonyl (C=O) groups excluding carboxylic acids is 3. The van der Waals surface area contributed by atoms with Crippen molar-refractivity contribution in [2.75, 3.05) is 0 Å². The molecule has 0 saturated carbocycles. The highest BCUT2D eigenvalue weighted by Crippen LogP contribution is 2.05. The number of nitrogens with one attached hydrogen (secondary N) is 3. The molecular formula is C18H32N4O9. The van der Waals surface area contributed by atoms with E-state index in [4.69, 9.17) is 10.8 Å². The Hall–Kier alpha value is -2.77. The van der Waals surface area contributed by atoms with Gasteiger partial charge in [-0.15, -0.1) is 0 Å². The fourth-order valence-electron chi connectivity index (χ4n) is 2.48. The molecule has 0 aliphatic heterocycles. The minimum Gasteiger partial charge on any atom is -0.481 e. The first-order valence-electron chi connectivity index (χ1n) is 9.66. The molecule has 6 unspecified atom stereocenters. The average molecular weight is 448 g/mol. The van der Waals surface area contributed by atoms with Crippen LogP contribution in [0.25, 0.3) is 0 Å². The van der Waals surface area contributed by atoms with Crippen LogP contribution >= 0.6 is 0 Å². The summed E-state index contributed by atoms with van der Waals surface area (Å²) in [6.07, 6.45) is -3.46. The van der Waals surface area contributed by atoms with E-state index < -0.39 is 72.0 Å². The maximum absolute atomic E-state index is 12.6. The Bertz CT molecular complexity index is 666. The van der Waals surface area contributed by atoms with E-state index in [-0.39, 0.29) is 12.8 Å². The predicted molar refractivity (Wildman–Crippen MR) is 106 cm³/mol. The normalized spacial score (nSPS) is 16.9. The molecule has 0 aliphatic rings. The summed E-state index contributed by atoms with van der Waals surface area (Å²) in [6, 6.07) is -5.68. The molecule has 13 heteroatoms. The van der Waals surface area contributed by atoms with Crippen LogP contribution in [0, 0.1) is 5.92 Å². The van der Waals surface area contributed by atoms with Crippen LogP contribution in [-0.2, 0) is 24.0 Å². The average Bonchev–Trinajstić information content (AvgIpc) is 2.64. The Labute approximate surface area is 179 Å². The lowest BCUT2D eigenvalue weighted by Crippen LogP contribution is -2.62. The summed E-state index contributed by atoms with van der Waals surface area (Å²) < 4.78 is 0. The van der Waals surface area contributed by atoms with Crippen molar-refractivity contribution in [3.8, 4) is 0 Å². The highest BCUT2D eigenvalue weighted by atomic mass is 16.4. The quantitative estimate of drug-likeness (QED) is 0.144. The summed E-state index contributed by atoms with van der Waals surface area (Å²) >= 11 is 0. The first kappa shape index (κ1) is 28.2. The number of amides is 3. The van der Waals surface area contributed by atoms with Gasteiger partial charge in [0.15, 0.2) is 0 Å². The fraction of sp³-hybridized carbons (Fsp3) is 0.722. The largest absolute Gasteiger partial charge is 0.481 e. The highest BCUT2D eigenvalue weighted by molar-refractivity contribution is 5.94. The molecule has 178 valence electrons. The zero-order chi connectivity index (χ0) is 24.5. The summed E-state index contributed by atoms with van der Waals surface area (Å²) in [7, 11) is 0. The minimum atomic E-state index is -1.58. The number of aliphatic hydroxyl groups is 2. The van der Waals surface area contributed by atoms with E-state index in [0.717, 1.165) is 0 Å². The van der Waals surface area contributed by atoms with Crippen LogP contribution < -0.4 is 21.7 Å². The zero-order valence-corrected chi connectivity index (χ0v) is 17.9. The Morgan fingerprint density at radius 1 is 0.742 bits per heavy atom. The molecule has 0 aromatic heterocycles. The molecule has 0 rings (SSSR count). The molecule has 0 aromatic rings. The number of aliphatic carboxylic acids is 2. The summed E-state index contributed by atoms with van der Waals surface area (Å²) in [5, 5.41) is 44.1. The first-order chi connectivity index (χ1) is 14.2. The van der Waals surface area contributed by atoms with E-state index in [9.17, 15) is 39.3 Å². The van der Waals surface area contributed by atoms with Crippen LogP contribution in [0.5, 0.6) is 0 Å². The number of carboxylic acids is 2. The Morgan fingerprint density at radius 2 is 1.13 bits per heavy atom. The maximum atomic E-state index is 12.6. The third-order valence-electron chi connectivity index (χ3n) is 4.36. The van der Waals surface area contributed by atoms with Gasteiger partial charge in [0, 0.05) is 6.42 Å². The molecular weight excluding hydrogens is 416 g/mol. The number of aliphatic hydroxyl groups excluding tert-OH is 2. The number of rotatable bonds is 13. The van der Waals surface area contributed by atoms with Crippen molar-refractivity contribution in [2.45, 2.75) is 76.9 Å². The monoisotopic (exact) mass is 448 g/mol. The molecule has 0 heterocycles. The van der Waals surface area contributed by atoms with Gasteiger partial charge in [-0.1, -0.05) is 13.8 Å². The molecule has 13 nitrogen and oxygen atoms in total. The molecule has 0 bridgehead atoms. The van der Waals surface area contributed by atoms with Crippen LogP contribution in [0.15, 0.2) is 0 Å². The summed E-state index contributed by atoms with van der Waals surface area (Å²) in [6.45, 7) is 5.49. The molecule has 0 fully saturated rings. The van der Waals surface area contributed by atoms with Crippen LogP contribution in [-0.4, -0.2) is 86.5 Å². The fourth-order valence-corrected chi connectivity index (χ4v) is 2.48. The second-order valence-electron chi connectivity index (χ2n) is 7.56. The summed E-state index contributed by atoms with van der Waals surface area (Å²) in [4.78, 5) is 59.0. The number of hydrogen-bond donors (Lipinski definition) is 8.